The summed E-state index contributed by atoms with van der Waals surface area (Å²) in [4.78, 5) is 13.0. The van der Waals surface area contributed by atoms with Gasteiger partial charge in [-0.15, -0.1) is 0 Å². The number of carbonyl (C=O) groups excluding carboxylic acids is 1. The average Bonchev–Trinajstić information content (AvgIpc) is 2.18. The van der Waals surface area contributed by atoms with Crippen molar-refractivity contribution in [3.05, 3.63) is 11.8 Å². The van der Waals surface area contributed by atoms with Crippen LogP contribution in [0, 0.1) is 0 Å². The van der Waals surface area contributed by atoms with E-state index in [1.54, 1.807) is 0 Å². The molecule has 1 aliphatic rings. The number of nitrogens with zero attached hydrogens (tertiary/aromatic N) is 1. The summed E-state index contributed by atoms with van der Waals surface area (Å²) in [6.45, 7) is 0.898. The molecule has 0 saturated carbocycles. The number of hydrogen-bond acceptors (Lipinski definition) is 5. The Morgan fingerprint density at radius 3 is 2.47 bits per heavy atom. The van der Waals surface area contributed by atoms with Crippen LogP contribution in [0.15, 0.2) is 11.8 Å². The molecule has 0 radical (unpaired) electrons. The normalized spacial score (nSPS) is 21.5. The van der Waals surface area contributed by atoms with Crippen LogP contribution in [0.3, 0.4) is 0 Å². The molecule has 15 heavy (non-hydrogen) atoms. The molecule has 1 amide bonds. The number of hydrogen-bond donors (Lipinski definition) is 4. The second-order valence-electron chi connectivity index (χ2n) is 3.57. The van der Waals surface area contributed by atoms with Crippen LogP contribution in [-0.4, -0.2) is 51.5 Å². The van der Waals surface area contributed by atoms with E-state index in [-0.39, 0.29) is 6.10 Å². The van der Waals surface area contributed by atoms with Gasteiger partial charge < -0.3 is 20.2 Å². The number of amides is 1. The van der Waals surface area contributed by atoms with Crippen LogP contribution in [0.1, 0.15) is 12.8 Å². The average molecular weight is 216 g/mol. The van der Waals surface area contributed by atoms with Crippen molar-refractivity contribution < 1.29 is 20.1 Å². The molecule has 0 aromatic heterocycles. The van der Waals surface area contributed by atoms with E-state index in [0.29, 0.717) is 25.9 Å². The highest BCUT2D eigenvalue weighted by Crippen LogP contribution is 2.10. The standard InChI is InChI=1S/C9H16N2O4/c10-9(15)7(13)5-8(14)11-3-1-6(12)2-4-11/h5-6,9,12-13,15H,1-4,10H2/b7-5-. The monoisotopic (exact) mass is 216 g/mol. The van der Waals surface area contributed by atoms with Crippen LogP contribution in [0.2, 0.25) is 0 Å². The largest absolute Gasteiger partial charge is 0.508 e. The molecule has 86 valence electrons. The smallest absolute Gasteiger partial charge is 0.250 e. The highest BCUT2D eigenvalue weighted by atomic mass is 16.3. The summed E-state index contributed by atoms with van der Waals surface area (Å²) in [5, 5.41) is 27.0. The van der Waals surface area contributed by atoms with Crippen LogP contribution in [0.25, 0.3) is 0 Å². The summed E-state index contributed by atoms with van der Waals surface area (Å²) in [6, 6.07) is 0. The number of aliphatic hydroxyl groups excluding tert-OH is 3. The molecule has 1 fully saturated rings. The van der Waals surface area contributed by atoms with E-state index < -0.39 is 17.9 Å². The third-order valence-electron chi connectivity index (χ3n) is 2.35. The summed E-state index contributed by atoms with van der Waals surface area (Å²) in [5.41, 5.74) is 4.96. The van der Waals surface area contributed by atoms with E-state index in [2.05, 4.69) is 0 Å². The van der Waals surface area contributed by atoms with E-state index in [1.807, 2.05) is 0 Å². The van der Waals surface area contributed by atoms with Crippen molar-refractivity contribution in [2.45, 2.75) is 25.2 Å². The first-order chi connectivity index (χ1) is 7.00. The van der Waals surface area contributed by atoms with Crippen molar-refractivity contribution in [2.75, 3.05) is 13.1 Å². The van der Waals surface area contributed by atoms with Crippen molar-refractivity contribution in [2.24, 2.45) is 5.73 Å². The molecular formula is C9H16N2O4. The van der Waals surface area contributed by atoms with Crippen molar-refractivity contribution >= 4 is 5.91 Å². The van der Waals surface area contributed by atoms with Gasteiger partial charge in [-0.05, 0) is 12.8 Å². The SMILES string of the molecule is NC(O)/C(O)=C/C(=O)N1CCC(O)CC1. The van der Waals surface area contributed by atoms with Gasteiger partial charge in [-0.1, -0.05) is 0 Å². The van der Waals surface area contributed by atoms with Gasteiger partial charge >= 0.3 is 0 Å². The summed E-state index contributed by atoms with van der Waals surface area (Å²) in [6.07, 6.45) is 0.0930. The van der Waals surface area contributed by atoms with E-state index in [9.17, 15) is 9.90 Å². The number of nitrogens with two attached hydrogens (primary N) is 1. The zero-order chi connectivity index (χ0) is 11.4. The lowest BCUT2D eigenvalue weighted by Crippen LogP contribution is -2.39. The molecule has 1 heterocycles. The molecule has 1 atom stereocenters. The molecule has 5 N–H and O–H groups in total. The van der Waals surface area contributed by atoms with Crippen molar-refractivity contribution in [3.63, 3.8) is 0 Å². The second kappa shape index (κ2) is 5.11. The maximum Gasteiger partial charge on any atom is 0.250 e. The van der Waals surface area contributed by atoms with Crippen LogP contribution < -0.4 is 5.73 Å². The molecule has 0 aromatic carbocycles. The van der Waals surface area contributed by atoms with Gasteiger partial charge in [0.25, 0.3) is 0 Å². The first-order valence-electron chi connectivity index (χ1n) is 4.82. The molecule has 6 nitrogen and oxygen atoms in total. The molecule has 1 saturated heterocycles. The molecule has 0 aliphatic carbocycles. The zero-order valence-electron chi connectivity index (χ0n) is 8.33. The quantitative estimate of drug-likeness (QED) is 0.260. The minimum absolute atomic E-state index is 0.355. The lowest BCUT2D eigenvalue weighted by atomic mass is 10.1. The van der Waals surface area contributed by atoms with Gasteiger partial charge in [0, 0.05) is 19.2 Å². The zero-order valence-corrected chi connectivity index (χ0v) is 8.33. The fraction of sp³-hybridized carbons (Fsp3) is 0.667. The molecule has 0 aromatic rings. The van der Waals surface area contributed by atoms with Crippen molar-refractivity contribution in [1.29, 1.82) is 0 Å². The minimum atomic E-state index is -1.52. The first kappa shape index (κ1) is 12.0. The van der Waals surface area contributed by atoms with Crippen LogP contribution in [0.5, 0.6) is 0 Å². The molecule has 1 aliphatic heterocycles. The third-order valence-corrected chi connectivity index (χ3v) is 2.35. The summed E-state index contributed by atoms with van der Waals surface area (Å²) < 4.78 is 0. The number of carbonyl (C=O) groups is 1. The molecule has 1 unspecified atom stereocenters. The van der Waals surface area contributed by atoms with Crippen molar-refractivity contribution in [1.82, 2.24) is 4.90 Å². The Bertz CT molecular complexity index is 257. The molecular weight excluding hydrogens is 200 g/mol. The van der Waals surface area contributed by atoms with Gasteiger partial charge in [0.1, 0.15) is 5.76 Å². The molecule has 0 spiro atoms. The summed E-state index contributed by atoms with van der Waals surface area (Å²) in [5.74, 6) is -0.949. The number of likely N-dealkylation sites (tertiary alicyclic amines) is 1. The van der Waals surface area contributed by atoms with Gasteiger partial charge in [0.05, 0.1) is 6.10 Å². The predicted octanol–water partition coefficient (Wildman–Crippen LogP) is -1.31. The Morgan fingerprint density at radius 1 is 1.47 bits per heavy atom. The van der Waals surface area contributed by atoms with Gasteiger partial charge in [0.15, 0.2) is 6.23 Å². The van der Waals surface area contributed by atoms with Crippen LogP contribution >= 0.6 is 0 Å². The first-order valence-corrected chi connectivity index (χ1v) is 4.82. The van der Waals surface area contributed by atoms with Gasteiger partial charge in [-0.25, -0.2) is 0 Å². The van der Waals surface area contributed by atoms with Crippen molar-refractivity contribution in [3.8, 4) is 0 Å². The Hall–Kier alpha value is -1.11. The Balaban J connectivity index is 2.51. The molecule has 1 rings (SSSR count). The summed E-state index contributed by atoms with van der Waals surface area (Å²) in [7, 11) is 0. The van der Waals surface area contributed by atoms with E-state index in [4.69, 9.17) is 15.9 Å². The molecule has 6 heteroatoms. The van der Waals surface area contributed by atoms with E-state index in [1.165, 1.54) is 4.90 Å². The van der Waals surface area contributed by atoms with Gasteiger partial charge in [0.2, 0.25) is 5.91 Å². The minimum Gasteiger partial charge on any atom is -0.508 e. The Labute approximate surface area is 87.6 Å². The lowest BCUT2D eigenvalue weighted by molar-refractivity contribution is -0.128. The topological polar surface area (TPSA) is 107 Å². The fourth-order valence-corrected chi connectivity index (χ4v) is 1.39. The van der Waals surface area contributed by atoms with Gasteiger partial charge in [-0.3, -0.25) is 10.5 Å². The lowest BCUT2D eigenvalue weighted by Gasteiger charge is -2.28. The highest BCUT2D eigenvalue weighted by molar-refractivity contribution is 5.88. The van der Waals surface area contributed by atoms with E-state index in [0.717, 1.165) is 6.08 Å². The number of rotatable bonds is 2. The highest BCUT2D eigenvalue weighted by Gasteiger charge is 2.20. The Morgan fingerprint density at radius 2 is 2.00 bits per heavy atom. The predicted molar refractivity (Wildman–Crippen MR) is 52.7 cm³/mol. The fourth-order valence-electron chi connectivity index (χ4n) is 1.39. The van der Waals surface area contributed by atoms with E-state index >= 15 is 0 Å². The second-order valence-corrected chi connectivity index (χ2v) is 3.57. The Kier molecular flexibility index (Phi) is 4.07. The number of aliphatic hydroxyl groups is 3. The van der Waals surface area contributed by atoms with Gasteiger partial charge in [-0.2, -0.15) is 0 Å². The third kappa shape index (κ3) is 3.50. The summed E-state index contributed by atoms with van der Waals surface area (Å²) >= 11 is 0. The maximum absolute atomic E-state index is 11.5. The number of piperidine rings is 1. The van der Waals surface area contributed by atoms with Crippen LogP contribution in [0.4, 0.5) is 0 Å². The maximum atomic E-state index is 11.5. The molecule has 0 bridgehead atoms. The van der Waals surface area contributed by atoms with Crippen LogP contribution in [-0.2, 0) is 4.79 Å².